The van der Waals surface area contributed by atoms with E-state index < -0.39 is 12.1 Å². The normalized spacial score (nSPS) is 35.2. The van der Waals surface area contributed by atoms with Crippen molar-refractivity contribution in [2.45, 2.75) is 50.8 Å². The fraction of sp³-hybridized carbons (Fsp3) is 1.00. The van der Waals surface area contributed by atoms with Crippen LogP contribution in [0.5, 0.6) is 0 Å². The molecule has 0 bridgehead atoms. The van der Waals surface area contributed by atoms with Crippen LogP contribution in [0.2, 0.25) is 0 Å². The van der Waals surface area contributed by atoms with E-state index in [1.54, 1.807) is 0 Å². The van der Waals surface area contributed by atoms with Crippen molar-refractivity contribution in [3.8, 4) is 0 Å². The van der Waals surface area contributed by atoms with Crippen molar-refractivity contribution in [2.75, 3.05) is 0 Å². The Labute approximate surface area is 87.7 Å². The number of aliphatic hydroxyl groups excluding tert-OH is 1. The Kier molecular flexibility index (Phi) is 2.97. The van der Waals surface area contributed by atoms with Crippen molar-refractivity contribution >= 4 is 0 Å². The lowest BCUT2D eigenvalue weighted by molar-refractivity contribution is -0.186. The molecule has 2 saturated carbocycles. The summed E-state index contributed by atoms with van der Waals surface area (Å²) in [5.41, 5.74) is 0. The van der Waals surface area contributed by atoms with Crippen LogP contribution in [0.4, 0.5) is 13.2 Å². The van der Waals surface area contributed by atoms with Crippen molar-refractivity contribution < 1.29 is 18.3 Å². The molecule has 0 spiro atoms. The van der Waals surface area contributed by atoms with Gasteiger partial charge in [-0.15, -0.1) is 0 Å². The van der Waals surface area contributed by atoms with E-state index in [9.17, 15) is 18.3 Å². The van der Waals surface area contributed by atoms with Gasteiger partial charge in [-0.05, 0) is 50.4 Å². The summed E-state index contributed by atoms with van der Waals surface area (Å²) in [6, 6.07) is 0. The molecule has 0 aliphatic heterocycles. The maximum Gasteiger partial charge on any atom is 0.391 e. The van der Waals surface area contributed by atoms with Crippen LogP contribution in [0.3, 0.4) is 0 Å². The minimum absolute atomic E-state index is 0.121. The van der Waals surface area contributed by atoms with Gasteiger partial charge in [0.25, 0.3) is 0 Å². The van der Waals surface area contributed by atoms with E-state index in [0.29, 0.717) is 18.8 Å². The molecular formula is C11H17F3O. The number of aliphatic hydroxyl groups is 1. The second-order valence-electron chi connectivity index (χ2n) is 4.98. The highest BCUT2D eigenvalue weighted by Gasteiger charge is 2.44. The quantitative estimate of drug-likeness (QED) is 0.761. The van der Waals surface area contributed by atoms with Gasteiger partial charge in [0.05, 0.1) is 12.0 Å². The van der Waals surface area contributed by atoms with E-state index in [1.165, 1.54) is 0 Å². The molecule has 0 radical (unpaired) electrons. The molecule has 2 aliphatic carbocycles. The van der Waals surface area contributed by atoms with Crippen LogP contribution >= 0.6 is 0 Å². The molecular weight excluding hydrogens is 205 g/mol. The molecule has 4 heteroatoms. The van der Waals surface area contributed by atoms with Crippen LogP contribution in [-0.4, -0.2) is 17.4 Å². The standard InChI is InChI=1S/C11H17F3O/c12-11(13,14)9-5-3-8(4-6-9)10(15)7-1-2-7/h7-10,15H,1-6H2. The van der Waals surface area contributed by atoms with Gasteiger partial charge in [-0.2, -0.15) is 13.2 Å². The van der Waals surface area contributed by atoms with Crippen molar-refractivity contribution in [1.29, 1.82) is 0 Å². The summed E-state index contributed by atoms with van der Waals surface area (Å²) in [4.78, 5) is 0. The highest BCUT2D eigenvalue weighted by Crippen LogP contribution is 2.44. The van der Waals surface area contributed by atoms with Gasteiger partial charge in [0.2, 0.25) is 0 Å². The lowest BCUT2D eigenvalue weighted by Gasteiger charge is -2.32. The van der Waals surface area contributed by atoms with Crippen molar-refractivity contribution in [2.24, 2.45) is 17.8 Å². The molecule has 2 fully saturated rings. The summed E-state index contributed by atoms with van der Waals surface area (Å²) < 4.78 is 37.1. The Balaban J connectivity index is 1.81. The number of rotatable bonds is 2. The zero-order valence-corrected chi connectivity index (χ0v) is 8.63. The second kappa shape index (κ2) is 3.96. The first-order valence-electron chi connectivity index (χ1n) is 5.73. The molecule has 0 aromatic heterocycles. The monoisotopic (exact) mass is 222 g/mol. The molecule has 1 unspecified atom stereocenters. The number of hydrogen-bond donors (Lipinski definition) is 1. The van der Waals surface area contributed by atoms with Crippen LogP contribution in [0.1, 0.15) is 38.5 Å². The van der Waals surface area contributed by atoms with Crippen LogP contribution in [-0.2, 0) is 0 Å². The third-order valence-electron chi connectivity index (χ3n) is 3.82. The average molecular weight is 222 g/mol. The van der Waals surface area contributed by atoms with Gasteiger partial charge in [-0.25, -0.2) is 0 Å². The van der Waals surface area contributed by atoms with E-state index in [4.69, 9.17) is 0 Å². The lowest BCUT2D eigenvalue weighted by Crippen LogP contribution is -2.32. The molecule has 88 valence electrons. The smallest absolute Gasteiger partial charge is 0.391 e. The zero-order chi connectivity index (χ0) is 11.1. The van der Waals surface area contributed by atoms with Crippen LogP contribution in [0.25, 0.3) is 0 Å². The predicted octanol–water partition coefficient (Wildman–Crippen LogP) is 3.13. The van der Waals surface area contributed by atoms with Gasteiger partial charge >= 0.3 is 6.18 Å². The maximum atomic E-state index is 12.4. The summed E-state index contributed by atoms with van der Waals surface area (Å²) in [7, 11) is 0. The number of hydrogen-bond acceptors (Lipinski definition) is 1. The Morgan fingerprint density at radius 3 is 1.60 bits per heavy atom. The van der Waals surface area contributed by atoms with Crippen LogP contribution in [0.15, 0.2) is 0 Å². The molecule has 0 aromatic carbocycles. The fourth-order valence-electron chi connectivity index (χ4n) is 2.61. The SMILES string of the molecule is OC(C1CC1)C1CCC(C(F)(F)F)CC1. The summed E-state index contributed by atoms with van der Waals surface area (Å²) in [6.07, 6.45) is -0.755. The van der Waals surface area contributed by atoms with Gasteiger partial charge in [-0.3, -0.25) is 0 Å². The van der Waals surface area contributed by atoms with Crippen molar-refractivity contribution in [1.82, 2.24) is 0 Å². The van der Waals surface area contributed by atoms with E-state index in [-0.39, 0.29) is 24.9 Å². The molecule has 15 heavy (non-hydrogen) atoms. The third kappa shape index (κ3) is 2.65. The van der Waals surface area contributed by atoms with E-state index >= 15 is 0 Å². The lowest BCUT2D eigenvalue weighted by atomic mass is 9.78. The Hall–Kier alpha value is -0.250. The first kappa shape index (κ1) is 11.2. The summed E-state index contributed by atoms with van der Waals surface area (Å²) >= 11 is 0. The molecule has 0 aromatic rings. The Morgan fingerprint density at radius 2 is 1.27 bits per heavy atom. The summed E-state index contributed by atoms with van der Waals surface area (Å²) in [5, 5.41) is 9.82. The molecule has 1 N–H and O–H groups in total. The summed E-state index contributed by atoms with van der Waals surface area (Å²) in [6.45, 7) is 0. The fourth-order valence-corrected chi connectivity index (χ4v) is 2.61. The molecule has 2 rings (SSSR count). The minimum Gasteiger partial charge on any atom is -0.393 e. The maximum absolute atomic E-state index is 12.4. The topological polar surface area (TPSA) is 20.2 Å². The van der Waals surface area contributed by atoms with Gasteiger partial charge < -0.3 is 5.11 Å². The number of halogens is 3. The highest BCUT2D eigenvalue weighted by atomic mass is 19.4. The van der Waals surface area contributed by atoms with E-state index in [0.717, 1.165) is 12.8 Å². The largest absolute Gasteiger partial charge is 0.393 e. The average Bonchev–Trinajstić information content (AvgIpc) is 2.99. The Bertz CT molecular complexity index is 214. The van der Waals surface area contributed by atoms with Gasteiger partial charge in [0.1, 0.15) is 0 Å². The third-order valence-corrected chi connectivity index (χ3v) is 3.82. The van der Waals surface area contributed by atoms with Crippen LogP contribution < -0.4 is 0 Å². The first-order chi connectivity index (χ1) is 6.98. The molecule has 0 amide bonds. The van der Waals surface area contributed by atoms with Gasteiger partial charge in [0, 0.05) is 0 Å². The van der Waals surface area contributed by atoms with Gasteiger partial charge in [-0.1, -0.05) is 0 Å². The van der Waals surface area contributed by atoms with E-state index in [1.807, 2.05) is 0 Å². The molecule has 2 aliphatic rings. The minimum atomic E-state index is -4.03. The predicted molar refractivity (Wildman–Crippen MR) is 50.2 cm³/mol. The Morgan fingerprint density at radius 1 is 0.867 bits per heavy atom. The highest BCUT2D eigenvalue weighted by molar-refractivity contribution is 4.88. The molecule has 1 nitrogen and oxygen atoms in total. The first-order valence-corrected chi connectivity index (χ1v) is 5.73. The molecule has 0 saturated heterocycles. The van der Waals surface area contributed by atoms with Crippen molar-refractivity contribution in [3.63, 3.8) is 0 Å². The van der Waals surface area contributed by atoms with Crippen LogP contribution in [0, 0.1) is 17.8 Å². The van der Waals surface area contributed by atoms with Gasteiger partial charge in [0.15, 0.2) is 0 Å². The van der Waals surface area contributed by atoms with E-state index in [2.05, 4.69) is 0 Å². The number of alkyl halides is 3. The van der Waals surface area contributed by atoms with Crippen molar-refractivity contribution in [3.05, 3.63) is 0 Å². The summed E-state index contributed by atoms with van der Waals surface area (Å²) in [5.74, 6) is -0.617. The zero-order valence-electron chi connectivity index (χ0n) is 8.63. The molecule has 0 heterocycles. The second-order valence-corrected chi connectivity index (χ2v) is 4.98. The molecule has 1 atom stereocenters.